The molecular weight excluding hydrogens is 214 g/mol. The topological polar surface area (TPSA) is 67.2 Å². The summed E-state index contributed by atoms with van der Waals surface area (Å²) in [5.41, 5.74) is 8.26. The summed E-state index contributed by atoms with van der Waals surface area (Å²) in [4.78, 5) is 2.74. The third-order valence-electron chi connectivity index (χ3n) is 2.55. The van der Waals surface area contributed by atoms with Crippen molar-refractivity contribution in [1.82, 2.24) is 0 Å². The van der Waals surface area contributed by atoms with Crippen molar-refractivity contribution in [3.05, 3.63) is 10.4 Å². The van der Waals surface area contributed by atoms with Crippen molar-refractivity contribution >= 4 is 17.3 Å². The van der Waals surface area contributed by atoms with Crippen molar-refractivity contribution in [1.29, 1.82) is 0 Å². The molecule has 0 unspecified atom stereocenters. The van der Waals surface area contributed by atoms with Gasteiger partial charge >= 0.3 is 0 Å². The minimum Gasteiger partial charge on any atom is -0.490 e. The fraction of sp³-hybridized carbons (Fsp3) is 0.889. The van der Waals surface area contributed by atoms with E-state index in [9.17, 15) is 0 Å². The zero-order valence-electron chi connectivity index (χ0n) is 8.92. The molecule has 0 aliphatic carbocycles. The Kier molecular flexibility index (Phi) is 4.81. The Morgan fingerprint density at radius 2 is 2.47 bits per heavy atom. The maximum atomic E-state index is 8.26. The van der Waals surface area contributed by atoms with E-state index >= 15 is 0 Å². The van der Waals surface area contributed by atoms with E-state index in [-0.39, 0.29) is 12.2 Å². The van der Waals surface area contributed by atoms with E-state index in [0.717, 1.165) is 6.42 Å². The lowest BCUT2D eigenvalue weighted by atomic mass is 9.96. The fourth-order valence-electron chi connectivity index (χ4n) is 1.86. The Labute approximate surface area is 94.4 Å². The highest BCUT2D eigenvalue weighted by Gasteiger charge is 2.33. The first kappa shape index (κ1) is 12.2. The van der Waals surface area contributed by atoms with Gasteiger partial charge in [0.1, 0.15) is 0 Å². The zero-order valence-corrected chi connectivity index (χ0v) is 9.74. The van der Waals surface area contributed by atoms with Crippen molar-refractivity contribution in [3.63, 3.8) is 0 Å². The molecule has 15 heavy (non-hydrogen) atoms. The maximum Gasteiger partial charge on any atom is 0.159 e. The van der Waals surface area contributed by atoms with Crippen LogP contribution in [0, 0.1) is 5.92 Å². The number of ether oxygens (including phenoxy) is 2. The average molecular weight is 229 g/mol. The molecule has 84 valence electrons. The van der Waals surface area contributed by atoms with Crippen molar-refractivity contribution in [3.8, 4) is 0 Å². The van der Waals surface area contributed by atoms with Crippen LogP contribution in [-0.2, 0) is 9.47 Å². The van der Waals surface area contributed by atoms with E-state index < -0.39 is 0 Å². The summed E-state index contributed by atoms with van der Waals surface area (Å²) in [6.07, 6.45) is 1.81. The van der Waals surface area contributed by atoms with Crippen LogP contribution in [0.2, 0.25) is 0 Å². The van der Waals surface area contributed by atoms with E-state index in [2.05, 4.69) is 10.0 Å². The van der Waals surface area contributed by atoms with Crippen LogP contribution in [-0.4, -0.2) is 30.9 Å². The van der Waals surface area contributed by atoms with Gasteiger partial charge in [-0.05, 0) is 37.0 Å². The molecule has 0 amide bonds. The Morgan fingerprint density at radius 3 is 3.07 bits per heavy atom. The number of hydrogen-bond donors (Lipinski definition) is 0. The van der Waals surface area contributed by atoms with E-state index in [4.69, 9.17) is 27.2 Å². The second-order valence-electron chi connectivity index (χ2n) is 3.67. The third kappa shape index (κ3) is 3.66. The average Bonchev–Trinajstić information content (AvgIpc) is 2.55. The minimum absolute atomic E-state index is 0.0241. The van der Waals surface area contributed by atoms with Gasteiger partial charge in [0.2, 0.25) is 0 Å². The molecule has 1 aliphatic rings. The van der Waals surface area contributed by atoms with Gasteiger partial charge in [0.15, 0.2) is 5.05 Å². The highest BCUT2D eigenvalue weighted by atomic mass is 32.1. The Morgan fingerprint density at radius 1 is 1.73 bits per heavy atom. The molecule has 6 heteroatoms. The zero-order chi connectivity index (χ0) is 11.3. The van der Waals surface area contributed by atoms with Crippen molar-refractivity contribution in [2.75, 3.05) is 13.7 Å². The SMILES string of the molecule is COC(=S)C[C@@H]1C[C@H](C)O[C@@H]1CN=[N+]=[N-]. The second-order valence-corrected chi connectivity index (χ2v) is 4.13. The summed E-state index contributed by atoms with van der Waals surface area (Å²) in [5, 5.41) is 4.13. The van der Waals surface area contributed by atoms with Gasteiger partial charge in [-0.25, -0.2) is 0 Å². The molecule has 0 spiro atoms. The molecule has 0 bridgehead atoms. The maximum absolute atomic E-state index is 8.26. The molecule has 0 aromatic carbocycles. The van der Waals surface area contributed by atoms with E-state index in [1.54, 1.807) is 7.11 Å². The van der Waals surface area contributed by atoms with Gasteiger partial charge in [0, 0.05) is 11.3 Å². The lowest BCUT2D eigenvalue weighted by molar-refractivity contribution is 0.0500. The first-order chi connectivity index (χ1) is 7.17. The largest absolute Gasteiger partial charge is 0.490 e. The molecule has 1 saturated heterocycles. The lowest BCUT2D eigenvalue weighted by Crippen LogP contribution is -2.22. The van der Waals surface area contributed by atoms with Crippen LogP contribution in [0.25, 0.3) is 10.4 Å². The van der Waals surface area contributed by atoms with Crippen molar-refractivity contribution in [2.45, 2.75) is 32.0 Å². The smallest absolute Gasteiger partial charge is 0.159 e. The quantitative estimate of drug-likeness (QED) is 0.322. The third-order valence-corrected chi connectivity index (χ3v) is 2.88. The molecule has 1 fully saturated rings. The van der Waals surface area contributed by atoms with Crippen LogP contribution in [0.15, 0.2) is 5.11 Å². The molecule has 5 nitrogen and oxygen atoms in total. The number of nitrogens with zero attached hydrogens (tertiary/aromatic N) is 3. The van der Waals surface area contributed by atoms with Gasteiger partial charge in [-0.1, -0.05) is 5.11 Å². The fourth-order valence-corrected chi connectivity index (χ4v) is 2.08. The molecule has 3 atom stereocenters. The molecule has 0 saturated carbocycles. The van der Waals surface area contributed by atoms with Gasteiger partial charge < -0.3 is 9.47 Å². The van der Waals surface area contributed by atoms with Gasteiger partial charge in [-0.2, -0.15) is 0 Å². The van der Waals surface area contributed by atoms with E-state index in [0.29, 0.717) is 23.9 Å². The summed E-state index contributed by atoms with van der Waals surface area (Å²) < 4.78 is 10.6. The standard InChI is InChI=1S/C9H15N3O2S/c1-6-3-7(4-9(15)13-2)8(14-6)5-11-12-10/h6-8H,3-5H2,1-2H3/t6-,7-,8+/m0/s1. The Hall–Kier alpha value is -0.840. The van der Waals surface area contributed by atoms with E-state index in [1.807, 2.05) is 6.92 Å². The summed E-state index contributed by atoms with van der Waals surface area (Å²) >= 11 is 5.01. The summed E-state index contributed by atoms with van der Waals surface area (Å²) in [6.45, 7) is 2.39. The van der Waals surface area contributed by atoms with Crippen molar-refractivity contribution < 1.29 is 9.47 Å². The highest BCUT2D eigenvalue weighted by Crippen LogP contribution is 2.29. The Balaban J connectivity index is 2.52. The van der Waals surface area contributed by atoms with E-state index in [1.165, 1.54) is 0 Å². The predicted molar refractivity (Wildman–Crippen MR) is 60.7 cm³/mol. The molecule has 1 aliphatic heterocycles. The van der Waals surface area contributed by atoms with Crippen LogP contribution >= 0.6 is 12.2 Å². The van der Waals surface area contributed by atoms with Gasteiger partial charge in [-0.15, -0.1) is 0 Å². The summed E-state index contributed by atoms with van der Waals surface area (Å²) in [5.74, 6) is 0.304. The second kappa shape index (κ2) is 5.90. The molecule has 0 radical (unpaired) electrons. The summed E-state index contributed by atoms with van der Waals surface area (Å²) in [6, 6.07) is 0. The molecule has 1 heterocycles. The van der Waals surface area contributed by atoms with Crippen LogP contribution in [0.4, 0.5) is 0 Å². The van der Waals surface area contributed by atoms with Crippen LogP contribution in [0.5, 0.6) is 0 Å². The van der Waals surface area contributed by atoms with Gasteiger partial charge in [0.05, 0.1) is 25.9 Å². The molecule has 0 aromatic rings. The minimum atomic E-state index is -0.0241. The molecule has 0 aromatic heterocycles. The number of azide groups is 1. The number of hydrogen-bond acceptors (Lipinski definition) is 4. The lowest BCUT2D eigenvalue weighted by Gasteiger charge is -2.15. The number of methoxy groups -OCH3 is 1. The molecule has 0 N–H and O–H groups in total. The number of rotatable bonds is 4. The van der Waals surface area contributed by atoms with Crippen LogP contribution < -0.4 is 0 Å². The first-order valence-electron chi connectivity index (χ1n) is 4.90. The van der Waals surface area contributed by atoms with Gasteiger partial charge in [-0.3, -0.25) is 0 Å². The predicted octanol–water partition coefficient (Wildman–Crippen LogP) is 2.45. The molecule has 1 rings (SSSR count). The van der Waals surface area contributed by atoms with Crippen molar-refractivity contribution in [2.24, 2.45) is 11.0 Å². The first-order valence-corrected chi connectivity index (χ1v) is 5.31. The molecular formula is C9H15N3O2S. The normalized spacial score (nSPS) is 29.6. The van der Waals surface area contributed by atoms with Crippen LogP contribution in [0.3, 0.4) is 0 Å². The van der Waals surface area contributed by atoms with Crippen LogP contribution in [0.1, 0.15) is 19.8 Å². The number of thiocarbonyl (C=S) groups is 1. The Bertz CT molecular complexity index is 279. The highest BCUT2D eigenvalue weighted by molar-refractivity contribution is 7.80. The summed E-state index contributed by atoms with van der Waals surface area (Å²) in [7, 11) is 1.57. The monoisotopic (exact) mass is 229 g/mol. The van der Waals surface area contributed by atoms with Gasteiger partial charge in [0.25, 0.3) is 0 Å².